The molecular formula is C21H18Cl2N4O4S2. The smallest absolute Gasteiger partial charge is 0.273 e. The first-order chi connectivity index (χ1) is 15.8. The highest BCUT2D eigenvalue weighted by Crippen LogP contribution is 2.30. The lowest BCUT2D eigenvalue weighted by Gasteiger charge is -2.41. The SMILES string of the molecule is O=C(NS(=O)(=O)c1cccs1)[C@@H]1CN(C(=O)c2cccnc2)CCN1c1ccc(Cl)c(Cl)c1. The van der Waals surface area contributed by atoms with Crippen molar-refractivity contribution in [3.8, 4) is 0 Å². The number of carbonyl (C=O) groups is 2. The predicted molar refractivity (Wildman–Crippen MR) is 127 cm³/mol. The summed E-state index contributed by atoms with van der Waals surface area (Å²) >= 11 is 13.2. The van der Waals surface area contributed by atoms with Crippen LogP contribution in [0.5, 0.6) is 0 Å². The Bertz CT molecular complexity index is 1270. The zero-order chi connectivity index (χ0) is 23.6. The molecular weight excluding hydrogens is 507 g/mol. The first-order valence-corrected chi connectivity index (χ1v) is 12.9. The van der Waals surface area contributed by atoms with E-state index in [0.717, 1.165) is 11.3 Å². The summed E-state index contributed by atoms with van der Waals surface area (Å²) < 4.78 is 27.5. The van der Waals surface area contributed by atoms with E-state index in [-0.39, 0.29) is 23.2 Å². The largest absolute Gasteiger partial charge is 0.356 e. The number of thiophene rings is 1. The number of amides is 2. The van der Waals surface area contributed by atoms with E-state index in [2.05, 4.69) is 9.71 Å². The van der Waals surface area contributed by atoms with E-state index in [9.17, 15) is 18.0 Å². The van der Waals surface area contributed by atoms with Gasteiger partial charge in [-0.05, 0) is 41.8 Å². The number of aromatic nitrogens is 1. The number of sulfonamides is 1. The Balaban J connectivity index is 1.63. The summed E-state index contributed by atoms with van der Waals surface area (Å²) in [5.41, 5.74) is 0.970. The lowest BCUT2D eigenvalue weighted by Crippen LogP contribution is -2.60. The van der Waals surface area contributed by atoms with E-state index in [4.69, 9.17) is 23.2 Å². The molecule has 0 unspecified atom stereocenters. The number of nitrogens with zero attached hydrogens (tertiary/aromatic N) is 3. The summed E-state index contributed by atoms with van der Waals surface area (Å²) in [5.74, 6) is -1.05. The van der Waals surface area contributed by atoms with Crippen molar-refractivity contribution in [1.29, 1.82) is 0 Å². The second-order valence-electron chi connectivity index (χ2n) is 7.20. The number of hydrogen-bond acceptors (Lipinski definition) is 7. The lowest BCUT2D eigenvalue weighted by molar-refractivity contribution is -0.121. The molecule has 1 aromatic carbocycles. The summed E-state index contributed by atoms with van der Waals surface area (Å²) in [7, 11) is -4.04. The number of anilines is 1. The van der Waals surface area contributed by atoms with Gasteiger partial charge >= 0.3 is 0 Å². The van der Waals surface area contributed by atoms with Crippen LogP contribution in [0.1, 0.15) is 10.4 Å². The number of rotatable bonds is 5. The molecule has 0 bridgehead atoms. The molecule has 1 atom stereocenters. The number of benzene rings is 1. The highest BCUT2D eigenvalue weighted by atomic mass is 35.5. The molecule has 0 radical (unpaired) electrons. The second-order valence-corrected chi connectivity index (χ2v) is 10.9. The summed E-state index contributed by atoms with van der Waals surface area (Å²) in [4.78, 5) is 33.4. The molecule has 8 nitrogen and oxygen atoms in total. The average molecular weight is 525 g/mol. The van der Waals surface area contributed by atoms with Gasteiger partial charge in [0.15, 0.2) is 0 Å². The summed E-state index contributed by atoms with van der Waals surface area (Å²) in [6, 6.07) is 10.2. The molecule has 0 spiro atoms. The fourth-order valence-corrected chi connectivity index (χ4v) is 5.80. The number of pyridine rings is 1. The van der Waals surface area contributed by atoms with Crippen LogP contribution in [0.15, 0.2) is 64.4 Å². The maximum absolute atomic E-state index is 13.2. The molecule has 2 amide bonds. The second kappa shape index (κ2) is 9.68. The minimum atomic E-state index is -4.04. The van der Waals surface area contributed by atoms with E-state index in [1.807, 2.05) is 0 Å². The maximum Gasteiger partial charge on any atom is 0.273 e. The summed E-state index contributed by atoms with van der Waals surface area (Å²) in [6.45, 7) is 0.566. The van der Waals surface area contributed by atoms with Crippen LogP contribution in [0, 0.1) is 0 Å². The Labute approximate surface area is 204 Å². The first-order valence-electron chi connectivity index (χ1n) is 9.77. The topological polar surface area (TPSA) is 99.7 Å². The monoisotopic (exact) mass is 524 g/mol. The van der Waals surface area contributed by atoms with E-state index in [1.54, 1.807) is 52.9 Å². The van der Waals surface area contributed by atoms with E-state index >= 15 is 0 Å². The molecule has 1 fully saturated rings. The van der Waals surface area contributed by atoms with Gasteiger partial charge in [0.1, 0.15) is 10.3 Å². The van der Waals surface area contributed by atoms with Crippen LogP contribution in [0.4, 0.5) is 5.69 Å². The quantitative estimate of drug-likeness (QED) is 0.549. The highest BCUT2D eigenvalue weighted by molar-refractivity contribution is 7.92. The van der Waals surface area contributed by atoms with E-state index in [0.29, 0.717) is 27.8 Å². The molecule has 172 valence electrons. The van der Waals surface area contributed by atoms with Crippen molar-refractivity contribution in [2.45, 2.75) is 10.3 Å². The third-order valence-electron chi connectivity index (χ3n) is 5.11. The van der Waals surface area contributed by atoms with Gasteiger partial charge in [0.25, 0.3) is 21.8 Å². The van der Waals surface area contributed by atoms with Crippen molar-refractivity contribution in [2.75, 3.05) is 24.5 Å². The zero-order valence-electron chi connectivity index (χ0n) is 17.0. The van der Waals surface area contributed by atoms with Crippen molar-refractivity contribution in [3.63, 3.8) is 0 Å². The zero-order valence-corrected chi connectivity index (χ0v) is 20.2. The standard InChI is InChI=1S/C21H18Cl2N4O4S2/c22-16-6-5-15(11-17(16)23)27-9-8-26(21(29)14-3-1-7-24-12-14)13-18(27)20(28)25-33(30,31)19-4-2-10-32-19/h1-7,10-12,18H,8-9,13H2,(H,25,28)/t18-/m0/s1. The first kappa shape index (κ1) is 23.5. The maximum atomic E-state index is 13.2. The Morgan fingerprint density at radius 1 is 1.09 bits per heavy atom. The van der Waals surface area contributed by atoms with Crippen molar-refractivity contribution < 1.29 is 18.0 Å². The van der Waals surface area contributed by atoms with Gasteiger partial charge in [-0.15, -0.1) is 11.3 Å². The Morgan fingerprint density at radius 3 is 2.58 bits per heavy atom. The number of piperazine rings is 1. The molecule has 1 aliphatic rings. The van der Waals surface area contributed by atoms with Gasteiger partial charge < -0.3 is 9.80 Å². The number of carbonyl (C=O) groups excluding carboxylic acids is 2. The number of nitrogens with one attached hydrogen (secondary N) is 1. The van der Waals surface area contributed by atoms with Crippen LogP contribution in [0.3, 0.4) is 0 Å². The minimum Gasteiger partial charge on any atom is -0.356 e. The van der Waals surface area contributed by atoms with Crippen LogP contribution < -0.4 is 9.62 Å². The van der Waals surface area contributed by atoms with Crippen LogP contribution in [0.25, 0.3) is 0 Å². The van der Waals surface area contributed by atoms with E-state index < -0.39 is 22.0 Å². The fourth-order valence-electron chi connectivity index (χ4n) is 3.50. The highest BCUT2D eigenvalue weighted by Gasteiger charge is 2.37. The molecule has 1 aliphatic heterocycles. The number of hydrogen-bond donors (Lipinski definition) is 1. The fraction of sp³-hybridized carbons (Fsp3) is 0.190. The average Bonchev–Trinajstić information content (AvgIpc) is 3.36. The molecule has 3 aromatic rings. The molecule has 3 heterocycles. The molecule has 1 saturated heterocycles. The Hall–Kier alpha value is -2.66. The number of halogens is 2. The van der Waals surface area contributed by atoms with Crippen molar-refractivity contribution in [2.24, 2.45) is 0 Å². The van der Waals surface area contributed by atoms with Gasteiger partial charge in [-0.3, -0.25) is 14.6 Å². The van der Waals surface area contributed by atoms with Crippen LogP contribution in [-0.4, -0.2) is 55.8 Å². The Kier molecular flexibility index (Phi) is 6.89. The lowest BCUT2D eigenvalue weighted by atomic mass is 10.1. The van der Waals surface area contributed by atoms with E-state index in [1.165, 1.54) is 17.2 Å². The van der Waals surface area contributed by atoms with Crippen LogP contribution >= 0.6 is 34.5 Å². The molecule has 2 aromatic heterocycles. The molecule has 0 saturated carbocycles. The molecule has 4 rings (SSSR count). The van der Waals surface area contributed by atoms with Gasteiger partial charge in [-0.1, -0.05) is 29.3 Å². The van der Waals surface area contributed by atoms with Crippen molar-refractivity contribution in [1.82, 2.24) is 14.6 Å². The van der Waals surface area contributed by atoms with Crippen LogP contribution in [0.2, 0.25) is 10.0 Å². The van der Waals surface area contributed by atoms with Gasteiger partial charge in [0, 0.05) is 31.2 Å². The summed E-state index contributed by atoms with van der Waals surface area (Å²) in [5, 5.41) is 2.26. The third kappa shape index (κ3) is 5.14. The summed E-state index contributed by atoms with van der Waals surface area (Å²) in [6.07, 6.45) is 3.01. The molecule has 12 heteroatoms. The minimum absolute atomic E-state index is 0.0241. The van der Waals surface area contributed by atoms with Crippen molar-refractivity contribution >= 4 is 62.1 Å². The van der Waals surface area contributed by atoms with Crippen molar-refractivity contribution in [3.05, 3.63) is 75.8 Å². The molecule has 0 aliphatic carbocycles. The Morgan fingerprint density at radius 2 is 1.91 bits per heavy atom. The molecule has 1 N–H and O–H groups in total. The normalized spacial score (nSPS) is 16.5. The predicted octanol–water partition coefficient (Wildman–Crippen LogP) is 3.29. The van der Waals surface area contributed by atoms with Gasteiger partial charge in [0.2, 0.25) is 0 Å². The van der Waals surface area contributed by atoms with Gasteiger partial charge in [-0.25, -0.2) is 13.1 Å². The third-order valence-corrected chi connectivity index (χ3v) is 8.59. The van der Waals surface area contributed by atoms with Crippen LogP contribution in [-0.2, 0) is 14.8 Å². The van der Waals surface area contributed by atoms with Gasteiger partial charge in [-0.2, -0.15) is 0 Å². The molecule has 33 heavy (non-hydrogen) atoms. The van der Waals surface area contributed by atoms with Gasteiger partial charge in [0.05, 0.1) is 22.2 Å².